The summed E-state index contributed by atoms with van der Waals surface area (Å²) in [6.45, 7) is 3.71. The summed E-state index contributed by atoms with van der Waals surface area (Å²) >= 11 is 1.39. The summed E-state index contributed by atoms with van der Waals surface area (Å²) in [6, 6.07) is 29.0. The molecule has 1 atom stereocenters. The summed E-state index contributed by atoms with van der Waals surface area (Å²) in [5, 5.41) is 2.39. The number of carbonyl (C=O) groups is 2. The minimum Gasteiger partial charge on any atom is -0.333 e. The number of nitrogens with zero attached hydrogens (tertiary/aromatic N) is 4. The number of benzene rings is 3. The second-order valence-electron chi connectivity index (χ2n) is 9.98. The number of aromatic nitrogens is 1. The lowest BCUT2D eigenvalue weighted by Gasteiger charge is -2.50. The first kappa shape index (κ1) is 24.5. The molecule has 2 aliphatic rings. The molecule has 0 aliphatic carbocycles. The minimum atomic E-state index is 0.0184. The summed E-state index contributed by atoms with van der Waals surface area (Å²) < 4.78 is 0. The van der Waals surface area contributed by atoms with Gasteiger partial charge in [0.15, 0.2) is 5.01 Å². The average molecular weight is 523 g/mol. The fourth-order valence-electron chi connectivity index (χ4n) is 5.46. The monoisotopic (exact) mass is 522 g/mol. The zero-order chi connectivity index (χ0) is 25.9. The molecule has 0 N–H and O–H groups in total. The third-order valence-electron chi connectivity index (χ3n) is 7.61. The van der Waals surface area contributed by atoms with Crippen LogP contribution in [-0.2, 0) is 6.42 Å². The van der Waals surface area contributed by atoms with E-state index in [1.54, 1.807) is 6.20 Å². The Morgan fingerprint density at radius 3 is 2.16 bits per heavy atom. The van der Waals surface area contributed by atoms with E-state index in [0.29, 0.717) is 30.7 Å². The van der Waals surface area contributed by atoms with Crippen LogP contribution in [0.25, 0.3) is 11.1 Å². The molecule has 0 radical (unpaired) electrons. The molecule has 1 unspecified atom stereocenters. The third-order valence-corrected chi connectivity index (χ3v) is 8.37. The van der Waals surface area contributed by atoms with E-state index in [0.717, 1.165) is 36.2 Å². The molecule has 1 aromatic heterocycles. The highest BCUT2D eigenvalue weighted by Crippen LogP contribution is 2.26. The Morgan fingerprint density at radius 2 is 1.47 bits per heavy atom. The van der Waals surface area contributed by atoms with Crippen LogP contribution in [0.15, 0.2) is 96.5 Å². The molecule has 7 heteroatoms. The Labute approximate surface area is 227 Å². The van der Waals surface area contributed by atoms with Gasteiger partial charge in [0.25, 0.3) is 11.8 Å². The molecule has 2 amide bonds. The van der Waals surface area contributed by atoms with E-state index in [2.05, 4.69) is 51.2 Å². The van der Waals surface area contributed by atoms with Crippen molar-refractivity contribution < 1.29 is 9.59 Å². The van der Waals surface area contributed by atoms with Gasteiger partial charge in [-0.3, -0.25) is 14.5 Å². The second-order valence-corrected chi connectivity index (χ2v) is 10.9. The van der Waals surface area contributed by atoms with Gasteiger partial charge in [0.1, 0.15) is 0 Å². The van der Waals surface area contributed by atoms with E-state index in [9.17, 15) is 9.59 Å². The molecule has 38 heavy (non-hydrogen) atoms. The number of hydrogen-bond donors (Lipinski definition) is 0. The molecule has 2 aliphatic heterocycles. The third kappa shape index (κ3) is 5.12. The summed E-state index contributed by atoms with van der Waals surface area (Å²) in [5.41, 5.74) is 4.20. The average Bonchev–Trinajstić information content (AvgIpc) is 3.49. The molecule has 4 aromatic rings. The summed E-state index contributed by atoms with van der Waals surface area (Å²) in [4.78, 5) is 36.9. The Bertz CT molecular complexity index is 1370. The maximum Gasteiger partial charge on any atom is 0.282 e. The SMILES string of the molecule is O=C(c1nccs1)N1CC(N2CCN(C(=O)c3ccc(-c4ccccc4)cc3)C(Cc3ccccc3)C2)C1. The van der Waals surface area contributed by atoms with Crippen molar-refractivity contribution in [3.8, 4) is 11.1 Å². The fraction of sp³-hybridized carbons (Fsp3) is 0.258. The van der Waals surface area contributed by atoms with Crippen LogP contribution in [0.4, 0.5) is 0 Å². The van der Waals surface area contributed by atoms with Crippen LogP contribution in [0.3, 0.4) is 0 Å². The van der Waals surface area contributed by atoms with E-state index >= 15 is 0 Å². The van der Waals surface area contributed by atoms with Gasteiger partial charge in [-0.2, -0.15) is 0 Å². The number of amides is 2. The molecule has 3 aromatic carbocycles. The Kier molecular flexibility index (Phi) is 7.03. The van der Waals surface area contributed by atoms with Gasteiger partial charge < -0.3 is 9.80 Å². The Balaban J connectivity index is 1.15. The van der Waals surface area contributed by atoms with Crippen LogP contribution in [0.5, 0.6) is 0 Å². The topological polar surface area (TPSA) is 56.8 Å². The zero-order valence-corrected chi connectivity index (χ0v) is 22.0. The highest BCUT2D eigenvalue weighted by molar-refractivity contribution is 7.11. The van der Waals surface area contributed by atoms with E-state index in [-0.39, 0.29) is 17.9 Å². The largest absolute Gasteiger partial charge is 0.333 e. The molecule has 2 saturated heterocycles. The van der Waals surface area contributed by atoms with Crippen molar-refractivity contribution in [2.24, 2.45) is 0 Å². The molecule has 6 nitrogen and oxygen atoms in total. The predicted octanol–water partition coefficient (Wildman–Crippen LogP) is 4.70. The number of thiazole rings is 1. The molecule has 0 saturated carbocycles. The van der Waals surface area contributed by atoms with Crippen LogP contribution in [0, 0.1) is 0 Å². The first-order valence-corrected chi connectivity index (χ1v) is 14.0. The number of piperazine rings is 1. The van der Waals surface area contributed by atoms with Crippen LogP contribution < -0.4 is 0 Å². The lowest BCUT2D eigenvalue weighted by molar-refractivity contribution is -0.00692. The number of hydrogen-bond acceptors (Lipinski definition) is 5. The van der Waals surface area contributed by atoms with Gasteiger partial charge in [-0.15, -0.1) is 11.3 Å². The van der Waals surface area contributed by atoms with Gasteiger partial charge >= 0.3 is 0 Å². The molecule has 6 rings (SSSR count). The quantitative estimate of drug-likeness (QED) is 0.368. The molecule has 3 heterocycles. The maximum atomic E-state index is 13.7. The number of likely N-dealkylation sites (tertiary alicyclic amines) is 1. The predicted molar refractivity (Wildman–Crippen MR) is 150 cm³/mol. The fourth-order valence-corrected chi connectivity index (χ4v) is 6.06. The van der Waals surface area contributed by atoms with Gasteiger partial charge in [-0.05, 0) is 35.2 Å². The van der Waals surface area contributed by atoms with Gasteiger partial charge in [0.05, 0.1) is 0 Å². The zero-order valence-electron chi connectivity index (χ0n) is 21.1. The van der Waals surface area contributed by atoms with Gasteiger partial charge in [0, 0.05) is 61.9 Å². The normalized spacial score (nSPS) is 18.3. The van der Waals surface area contributed by atoms with Crippen molar-refractivity contribution in [2.45, 2.75) is 18.5 Å². The maximum absolute atomic E-state index is 13.7. The number of carbonyl (C=O) groups excluding carboxylic acids is 2. The molecule has 2 fully saturated rings. The van der Waals surface area contributed by atoms with Crippen molar-refractivity contribution in [1.29, 1.82) is 0 Å². The molecular formula is C31H30N4O2S. The Morgan fingerprint density at radius 1 is 0.789 bits per heavy atom. The standard InChI is InChI=1S/C31H30N4O2S/c36-30(26-13-11-25(12-14-26)24-9-5-2-6-10-24)35-17-16-33(20-27(35)19-23-7-3-1-4-8-23)28-21-34(22-28)31(37)29-32-15-18-38-29/h1-15,18,27-28H,16-17,19-22H2. The first-order valence-electron chi connectivity index (χ1n) is 13.1. The summed E-state index contributed by atoms with van der Waals surface area (Å²) in [7, 11) is 0. The van der Waals surface area contributed by atoms with Crippen molar-refractivity contribution >= 4 is 23.2 Å². The van der Waals surface area contributed by atoms with Crippen molar-refractivity contribution in [3.05, 3.63) is 113 Å². The highest BCUT2D eigenvalue weighted by Gasteiger charge is 2.40. The molecule has 0 bridgehead atoms. The molecule has 192 valence electrons. The smallest absolute Gasteiger partial charge is 0.282 e. The molecule has 0 spiro atoms. The van der Waals surface area contributed by atoms with E-state index in [4.69, 9.17) is 0 Å². The van der Waals surface area contributed by atoms with Crippen LogP contribution >= 0.6 is 11.3 Å². The van der Waals surface area contributed by atoms with E-state index in [1.165, 1.54) is 16.9 Å². The van der Waals surface area contributed by atoms with Crippen LogP contribution in [0.2, 0.25) is 0 Å². The Hall–Kier alpha value is -3.81. The highest BCUT2D eigenvalue weighted by atomic mass is 32.1. The summed E-state index contributed by atoms with van der Waals surface area (Å²) in [6.07, 6.45) is 2.48. The number of rotatable bonds is 6. The van der Waals surface area contributed by atoms with Crippen LogP contribution in [0.1, 0.15) is 25.7 Å². The van der Waals surface area contributed by atoms with E-state index < -0.39 is 0 Å². The van der Waals surface area contributed by atoms with Crippen molar-refractivity contribution in [2.75, 3.05) is 32.7 Å². The van der Waals surface area contributed by atoms with Crippen molar-refractivity contribution in [1.82, 2.24) is 19.7 Å². The minimum absolute atomic E-state index is 0.0184. The van der Waals surface area contributed by atoms with Crippen molar-refractivity contribution in [3.63, 3.8) is 0 Å². The van der Waals surface area contributed by atoms with Gasteiger partial charge in [-0.1, -0.05) is 72.8 Å². The lowest BCUT2D eigenvalue weighted by atomic mass is 9.97. The van der Waals surface area contributed by atoms with Gasteiger partial charge in [0.2, 0.25) is 0 Å². The first-order chi connectivity index (χ1) is 18.7. The van der Waals surface area contributed by atoms with Gasteiger partial charge in [-0.25, -0.2) is 4.98 Å². The van der Waals surface area contributed by atoms with E-state index in [1.807, 2.05) is 58.8 Å². The summed E-state index contributed by atoms with van der Waals surface area (Å²) in [5.74, 6) is 0.101. The van der Waals surface area contributed by atoms with Crippen LogP contribution in [-0.4, -0.2) is 76.3 Å². The second kappa shape index (κ2) is 10.9. The molecular weight excluding hydrogens is 492 g/mol. The lowest BCUT2D eigenvalue weighted by Crippen LogP contribution is -2.66.